The van der Waals surface area contributed by atoms with Crippen molar-refractivity contribution in [1.29, 1.82) is 0 Å². The summed E-state index contributed by atoms with van der Waals surface area (Å²) in [5.41, 5.74) is -4.06. The highest BCUT2D eigenvalue weighted by atomic mass is 19.4. The van der Waals surface area contributed by atoms with Crippen LogP contribution in [-0.2, 0) is 18.0 Å². The van der Waals surface area contributed by atoms with Gasteiger partial charge in [0.1, 0.15) is 5.60 Å². The lowest BCUT2D eigenvalue weighted by Crippen LogP contribution is -2.30. The molecule has 0 atom stereocenters. The number of hydrogen-bond donors (Lipinski definition) is 1. The first kappa shape index (κ1) is 25.4. The summed E-state index contributed by atoms with van der Waals surface area (Å²) in [7, 11) is 7.13. The smallest absolute Gasteiger partial charge is 0.378 e. The number of benzene rings is 3. The van der Waals surface area contributed by atoms with Crippen LogP contribution >= 0.6 is 0 Å². The minimum absolute atomic E-state index is 0.0498. The van der Waals surface area contributed by atoms with Gasteiger partial charge in [0.25, 0.3) is 0 Å². The monoisotopic (exact) mass is 482 g/mol. The van der Waals surface area contributed by atoms with Crippen molar-refractivity contribution < 1.29 is 31.4 Å². The van der Waals surface area contributed by atoms with Gasteiger partial charge in [-0.05, 0) is 59.2 Å². The molecule has 0 saturated carbocycles. The van der Waals surface area contributed by atoms with Crippen LogP contribution in [0.25, 0.3) is 0 Å². The maximum absolute atomic E-state index is 13.6. The third-order valence-corrected chi connectivity index (χ3v) is 5.61. The number of nitrogens with zero attached hydrogens (tertiary/aromatic N) is 2. The second-order valence-corrected chi connectivity index (χ2v) is 8.39. The Bertz CT molecular complexity index is 1050. The maximum Gasteiger partial charge on any atom is 0.416 e. The van der Waals surface area contributed by atoms with Gasteiger partial charge in [-0.1, -0.05) is 24.3 Å². The molecular weight excluding hydrogens is 458 g/mol. The van der Waals surface area contributed by atoms with E-state index in [0.29, 0.717) is 12.1 Å². The van der Waals surface area contributed by atoms with Crippen molar-refractivity contribution in [2.45, 2.75) is 18.0 Å². The number of alkyl halides is 6. The molecule has 0 aromatic heterocycles. The Morgan fingerprint density at radius 3 is 1.06 bits per heavy atom. The normalized spacial score (nSPS) is 12.6. The molecule has 9 heteroatoms. The van der Waals surface area contributed by atoms with Gasteiger partial charge in [-0.3, -0.25) is 0 Å². The minimum Gasteiger partial charge on any atom is -0.378 e. The minimum atomic E-state index is -5.04. The average molecular weight is 482 g/mol. The van der Waals surface area contributed by atoms with Crippen molar-refractivity contribution in [3.63, 3.8) is 0 Å². The highest BCUT2D eigenvalue weighted by Crippen LogP contribution is 2.43. The Morgan fingerprint density at radius 2 is 0.794 bits per heavy atom. The molecule has 0 aliphatic heterocycles. The molecule has 3 aromatic rings. The lowest BCUT2D eigenvalue weighted by atomic mass is 9.79. The Morgan fingerprint density at radius 1 is 0.500 bits per heavy atom. The van der Waals surface area contributed by atoms with Gasteiger partial charge in [0, 0.05) is 39.6 Å². The summed E-state index contributed by atoms with van der Waals surface area (Å²) in [5.74, 6) is 0. The van der Waals surface area contributed by atoms with Crippen LogP contribution in [0.4, 0.5) is 37.7 Å². The topological polar surface area (TPSA) is 26.7 Å². The van der Waals surface area contributed by atoms with Gasteiger partial charge in [0.15, 0.2) is 0 Å². The fourth-order valence-electron chi connectivity index (χ4n) is 3.67. The Hall–Kier alpha value is -3.20. The van der Waals surface area contributed by atoms with Gasteiger partial charge in [-0.15, -0.1) is 0 Å². The first-order valence-corrected chi connectivity index (χ1v) is 10.2. The molecule has 3 rings (SSSR count). The molecule has 0 amide bonds. The van der Waals surface area contributed by atoms with E-state index in [2.05, 4.69) is 0 Å². The first-order chi connectivity index (χ1) is 15.6. The molecule has 0 aliphatic rings. The highest BCUT2D eigenvalue weighted by molar-refractivity contribution is 5.56. The molecule has 0 fully saturated rings. The fraction of sp³-hybridized carbons (Fsp3) is 0.280. The van der Waals surface area contributed by atoms with Crippen molar-refractivity contribution in [3.8, 4) is 0 Å². The van der Waals surface area contributed by atoms with Crippen LogP contribution in [0.5, 0.6) is 0 Å². The number of hydrogen-bond acceptors (Lipinski definition) is 3. The van der Waals surface area contributed by atoms with E-state index in [9.17, 15) is 31.4 Å². The molecule has 3 nitrogen and oxygen atoms in total. The quantitative estimate of drug-likeness (QED) is 0.350. The number of rotatable bonds is 5. The van der Waals surface area contributed by atoms with Crippen LogP contribution in [0.3, 0.4) is 0 Å². The molecule has 34 heavy (non-hydrogen) atoms. The lowest BCUT2D eigenvalue weighted by Gasteiger charge is -2.32. The summed E-state index contributed by atoms with van der Waals surface area (Å²) in [6.45, 7) is 0. The molecule has 0 heterocycles. The summed E-state index contributed by atoms with van der Waals surface area (Å²) < 4.78 is 81.3. The molecule has 0 unspecified atom stereocenters. The molecule has 182 valence electrons. The van der Waals surface area contributed by atoms with E-state index in [4.69, 9.17) is 0 Å². The molecule has 0 saturated heterocycles. The van der Waals surface area contributed by atoms with Gasteiger partial charge >= 0.3 is 12.4 Å². The third-order valence-electron chi connectivity index (χ3n) is 5.61. The summed E-state index contributed by atoms with van der Waals surface area (Å²) in [6.07, 6.45) is -10.1. The lowest BCUT2D eigenvalue weighted by molar-refractivity contribution is -0.143. The van der Waals surface area contributed by atoms with Gasteiger partial charge < -0.3 is 14.9 Å². The van der Waals surface area contributed by atoms with E-state index in [-0.39, 0.29) is 17.2 Å². The van der Waals surface area contributed by atoms with Crippen molar-refractivity contribution in [1.82, 2.24) is 0 Å². The van der Waals surface area contributed by atoms with Gasteiger partial charge in [0.05, 0.1) is 11.1 Å². The van der Waals surface area contributed by atoms with Crippen molar-refractivity contribution in [2.24, 2.45) is 0 Å². The Balaban J connectivity index is 2.33. The SMILES string of the molecule is CN(C)c1ccc(C(O)(c2ccc(N(C)C)cc2)c2cc(C(F)(F)F)cc(C(F)(F)F)c2)cc1. The predicted molar refractivity (Wildman–Crippen MR) is 120 cm³/mol. The second kappa shape index (κ2) is 8.87. The van der Waals surface area contributed by atoms with Gasteiger partial charge in [0.2, 0.25) is 0 Å². The molecule has 0 aliphatic carbocycles. The van der Waals surface area contributed by atoms with E-state index in [0.717, 1.165) is 11.4 Å². The first-order valence-electron chi connectivity index (χ1n) is 10.2. The van der Waals surface area contributed by atoms with Gasteiger partial charge in [-0.2, -0.15) is 26.3 Å². The van der Waals surface area contributed by atoms with E-state index in [1.165, 1.54) is 24.3 Å². The number of halogens is 6. The van der Waals surface area contributed by atoms with Gasteiger partial charge in [-0.25, -0.2) is 0 Å². The predicted octanol–water partition coefficient (Wildman–Crippen LogP) is 6.14. The summed E-state index contributed by atoms with van der Waals surface area (Å²) in [6, 6.07) is 13.7. The molecular formula is C25H24F6N2O. The zero-order chi connectivity index (χ0) is 25.5. The summed E-state index contributed by atoms with van der Waals surface area (Å²) in [5, 5.41) is 11.9. The number of anilines is 2. The van der Waals surface area contributed by atoms with Crippen LogP contribution < -0.4 is 9.80 Å². The van der Waals surface area contributed by atoms with Crippen LogP contribution in [0.15, 0.2) is 66.7 Å². The van der Waals surface area contributed by atoms with Crippen molar-refractivity contribution in [3.05, 3.63) is 94.5 Å². The average Bonchev–Trinajstić information content (AvgIpc) is 2.77. The number of aliphatic hydroxyl groups is 1. The molecule has 0 radical (unpaired) electrons. The van der Waals surface area contributed by atoms with E-state index in [1.807, 2.05) is 0 Å². The van der Waals surface area contributed by atoms with Crippen molar-refractivity contribution >= 4 is 11.4 Å². The summed E-state index contributed by atoms with van der Waals surface area (Å²) in [4.78, 5) is 3.56. The van der Waals surface area contributed by atoms with E-state index >= 15 is 0 Å². The van der Waals surface area contributed by atoms with Crippen LogP contribution in [0, 0.1) is 0 Å². The van der Waals surface area contributed by atoms with Crippen LogP contribution in [0.1, 0.15) is 27.8 Å². The molecule has 3 aromatic carbocycles. The van der Waals surface area contributed by atoms with E-state index < -0.39 is 34.6 Å². The van der Waals surface area contributed by atoms with E-state index in [1.54, 1.807) is 62.3 Å². The largest absolute Gasteiger partial charge is 0.416 e. The fourth-order valence-corrected chi connectivity index (χ4v) is 3.67. The Kier molecular flexibility index (Phi) is 6.63. The maximum atomic E-state index is 13.6. The third kappa shape index (κ3) is 4.99. The zero-order valence-electron chi connectivity index (χ0n) is 19.0. The zero-order valence-corrected chi connectivity index (χ0v) is 19.0. The molecule has 1 N–H and O–H groups in total. The second-order valence-electron chi connectivity index (χ2n) is 8.39. The Labute approximate surface area is 193 Å². The molecule has 0 spiro atoms. The highest BCUT2D eigenvalue weighted by Gasteiger charge is 2.41. The van der Waals surface area contributed by atoms with Crippen LogP contribution in [-0.4, -0.2) is 33.3 Å². The van der Waals surface area contributed by atoms with Crippen LogP contribution in [0.2, 0.25) is 0 Å². The standard InChI is InChI=1S/C25H24F6N2O/c1-32(2)21-9-5-16(6-10-21)23(34,17-7-11-22(12-8-17)33(3)4)18-13-19(24(26,27)28)15-20(14-18)25(29,30)31/h5-15,34H,1-4H3. The summed E-state index contributed by atoms with van der Waals surface area (Å²) >= 11 is 0. The molecule has 0 bridgehead atoms. The van der Waals surface area contributed by atoms with Crippen molar-refractivity contribution in [2.75, 3.05) is 38.0 Å².